The van der Waals surface area contributed by atoms with Gasteiger partial charge in [-0.25, -0.2) is 0 Å². The van der Waals surface area contributed by atoms with Gasteiger partial charge in [-0.1, -0.05) is 6.92 Å². The van der Waals surface area contributed by atoms with E-state index >= 15 is 0 Å². The SMILES string of the molecule is CCSCCNC(=NC)NC. The second-order valence-corrected chi connectivity index (χ2v) is 3.34. The molecular weight excluding hydrogens is 158 g/mol. The van der Waals surface area contributed by atoms with Crippen molar-refractivity contribution in [2.45, 2.75) is 6.92 Å². The van der Waals surface area contributed by atoms with E-state index in [4.69, 9.17) is 0 Å². The summed E-state index contributed by atoms with van der Waals surface area (Å²) < 4.78 is 0. The van der Waals surface area contributed by atoms with Crippen LogP contribution in [0.1, 0.15) is 6.92 Å². The molecule has 0 aliphatic carbocycles. The minimum absolute atomic E-state index is 0.863. The van der Waals surface area contributed by atoms with Gasteiger partial charge in [0.2, 0.25) is 0 Å². The first kappa shape index (κ1) is 10.6. The van der Waals surface area contributed by atoms with Crippen LogP contribution in [-0.2, 0) is 0 Å². The minimum Gasteiger partial charge on any atom is -0.359 e. The van der Waals surface area contributed by atoms with E-state index in [9.17, 15) is 0 Å². The first-order chi connectivity index (χ1) is 5.35. The van der Waals surface area contributed by atoms with Gasteiger partial charge >= 0.3 is 0 Å². The third-order valence-corrected chi connectivity index (χ3v) is 2.10. The van der Waals surface area contributed by atoms with Gasteiger partial charge in [0.05, 0.1) is 0 Å². The average molecular weight is 175 g/mol. The van der Waals surface area contributed by atoms with E-state index in [0.29, 0.717) is 0 Å². The molecule has 0 heterocycles. The Morgan fingerprint density at radius 3 is 2.73 bits per heavy atom. The molecule has 66 valence electrons. The molecule has 0 aliphatic rings. The van der Waals surface area contributed by atoms with Crippen molar-refractivity contribution in [1.82, 2.24) is 10.6 Å². The molecule has 0 amide bonds. The van der Waals surface area contributed by atoms with Crippen LogP contribution in [0.4, 0.5) is 0 Å². The summed E-state index contributed by atoms with van der Waals surface area (Å²) in [4.78, 5) is 3.99. The topological polar surface area (TPSA) is 36.4 Å². The van der Waals surface area contributed by atoms with Crippen LogP contribution in [0.15, 0.2) is 4.99 Å². The zero-order chi connectivity index (χ0) is 8.53. The van der Waals surface area contributed by atoms with Gasteiger partial charge in [0.1, 0.15) is 0 Å². The standard InChI is InChI=1S/C7H17N3S/c1-4-11-6-5-10-7(8-2)9-3/h4-6H2,1-3H3,(H2,8,9,10). The van der Waals surface area contributed by atoms with Crippen LogP contribution < -0.4 is 10.6 Å². The number of guanidine groups is 1. The van der Waals surface area contributed by atoms with Gasteiger partial charge in [-0.2, -0.15) is 11.8 Å². The molecule has 0 spiro atoms. The van der Waals surface area contributed by atoms with Gasteiger partial charge in [0, 0.05) is 26.4 Å². The molecule has 0 unspecified atom stereocenters. The number of thioether (sulfide) groups is 1. The highest BCUT2D eigenvalue weighted by Crippen LogP contribution is 1.94. The Balaban J connectivity index is 3.22. The van der Waals surface area contributed by atoms with Crippen LogP contribution in [0.25, 0.3) is 0 Å². The van der Waals surface area contributed by atoms with Crippen molar-refractivity contribution in [3.05, 3.63) is 0 Å². The lowest BCUT2D eigenvalue weighted by Gasteiger charge is -2.06. The normalized spacial score (nSPS) is 11.4. The molecule has 0 bridgehead atoms. The molecule has 2 N–H and O–H groups in total. The maximum absolute atomic E-state index is 3.99. The fourth-order valence-electron chi connectivity index (χ4n) is 0.665. The second kappa shape index (κ2) is 7.72. The average Bonchev–Trinajstić information content (AvgIpc) is 2.05. The van der Waals surface area contributed by atoms with E-state index in [-0.39, 0.29) is 0 Å². The molecule has 0 aromatic carbocycles. The molecule has 0 fully saturated rings. The smallest absolute Gasteiger partial charge is 0.190 e. The quantitative estimate of drug-likeness (QED) is 0.372. The van der Waals surface area contributed by atoms with Crippen molar-refractivity contribution in [3.63, 3.8) is 0 Å². The van der Waals surface area contributed by atoms with Crippen molar-refractivity contribution >= 4 is 17.7 Å². The Hall–Kier alpha value is -0.380. The third kappa shape index (κ3) is 6.04. The van der Waals surface area contributed by atoms with E-state index in [2.05, 4.69) is 22.5 Å². The van der Waals surface area contributed by atoms with Crippen molar-refractivity contribution in [1.29, 1.82) is 0 Å². The van der Waals surface area contributed by atoms with Gasteiger partial charge < -0.3 is 10.6 Å². The fourth-order valence-corrected chi connectivity index (χ4v) is 1.20. The van der Waals surface area contributed by atoms with Crippen LogP contribution in [-0.4, -0.2) is 38.1 Å². The van der Waals surface area contributed by atoms with Crippen molar-refractivity contribution in [2.75, 3.05) is 32.1 Å². The molecule has 4 heteroatoms. The number of aliphatic imine (C=N–C) groups is 1. The lowest BCUT2D eigenvalue weighted by Crippen LogP contribution is -2.35. The largest absolute Gasteiger partial charge is 0.359 e. The predicted octanol–water partition coefficient (Wildman–Crippen LogP) is 0.534. The molecule has 0 atom stereocenters. The number of hydrogen-bond acceptors (Lipinski definition) is 2. The number of nitrogens with one attached hydrogen (secondary N) is 2. The summed E-state index contributed by atoms with van der Waals surface area (Å²) >= 11 is 1.93. The predicted molar refractivity (Wildman–Crippen MR) is 53.4 cm³/mol. The maximum atomic E-state index is 3.99. The zero-order valence-corrected chi connectivity index (χ0v) is 8.29. The second-order valence-electron chi connectivity index (χ2n) is 1.95. The van der Waals surface area contributed by atoms with E-state index in [1.807, 2.05) is 18.8 Å². The Morgan fingerprint density at radius 1 is 1.55 bits per heavy atom. The maximum Gasteiger partial charge on any atom is 0.190 e. The van der Waals surface area contributed by atoms with E-state index in [1.54, 1.807) is 7.05 Å². The van der Waals surface area contributed by atoms with Gasteiger partial charge in [0.25, 0.3) is 0 Å². The highest BCUT2D eigenvalue weighted by atomic mass is 32.2. The van der Waals surface area contributed by atoms with Crippen LogP contribution in [0.3, 0.4) is 0 Å². The molecule has 0 radical (unpaired) electrons. The van der Waals surface area contributed by atoms with Gasteiger partial charge in [-0.05, 0) is 5.75 Å². The molecule has 0 rings (SSSR count). The summed E-state index contributed by atoms with van der Waals surface area (Å²) in [7, 11) is 3.63. The molecule has 3 nitrogen and oxygen atoms in total. The Bertz CT molecular complexity index is 114. The van der Waals surface area contributed by atoms with Crippen LogP contribution >= 0.6 is 11.8 Å². The first-order valence-corrected chi connectivity index (χ1v) is 4.96. The molecular formula is C7H17N3S. The molecule has 0 saturated carbocycles. The first-order valence-electron chi connectivity index (χ1n) is 3.81. The lowest BCUT2D eigenvalue weighted by atomic mass is 10.7. The van der Waals surface area contributed by atoms with Crippen LogP contribution in [0, 0.1) is 0 Å². The number of nitrogens with zero attached hydrogens (tertiary/aromatic N) is 1. The third-order valence-electron chi connectivity index (χ3n) is 1.20. The molecule has 0 saturated heterocycles. The molecule has 0 aromatic rings. The van der Waals surface area contributed by atoms with Gasteiger partial charge in [-0.3, -0.25) is 4.99 Å². The highest BCUT2D eigenvalue weighted by Gasteiger charge is 1.90. The summed E-state index contributed by atoms with van der Waals surface area (Å²) in [5, 5.41) is 6.13. The fraction of sp³-hybridized carbons (Fsp3) is 0.857. The van der Waals surface area contributed by atoms with Gasteiger partial charge in [-0.15, -0.1) is 0 Å². The van der Waals surface area contributed by atoms with Gasteiger partial charge in [0.15, 0.2) is 5.96 Å². The lowest BCUT2D eigenvalue weighted by molar-refractivity contribution is 0.913. The Kier molecular flexibility index (Phi) is 7.46. The molecule has 0 aliphatic heterocycles. The summed E-state index contributed by atoms with van der Waals surface area (Å²) in [5.41, 5.74) is 0. The summed E-state index contributed by atoms with van der Waals surface area (Å²) in [6, 6.07) is 0. The van der Waals surface area contributed by atoms with Crippen molar-refractivity contribution in [3.8, 4) is 0 Å². The van der Waals surface area contributed by atoms with E-state index < -0.39 is 0 Å². The Labute approximate surface area is 73.0 Å². The molecule has 11 heavy (non-hydrogen) atoms. The number of hydrogen-bond donors (Lipinski definition) is 2. The Morgan fingerprint density at radius 2 is 2.27 bits per heavy atom. The van der Waals surface area contributed by atoms with E-state index in [1.165, 1.54) is 5.75 Å². The van der Waals surface area contributed by atoms with Crippen LogP contribution in [0.2, 0.25) is 0 Å². The summed E-state index contributed by atoms with van der Waals surface area (Å²) in [6.07, 6.45) is 0. The van der Waals surface area contributed by atoms with Crippen LogP contribution in [0.5, 0.6) is 0 Å². The summed E-state index contributed by atoms with van der Waals surface area (Å²) in [6.45, 7) is 3.14. The number of rotatable bonds is 4. The minimum atomic E-state index is 0.863. The van der Waals surface area contributed by atoms with E-state index in [0.717, 1.165) is 18.3 Å². The highest BCUT2D eigenvalue weighted by molar-refractivity contribution is 7.99. The van der Waals surface area contributed by atoms with Crippen molar-refractivity contribution in [2.24, 2.45) is 4.99 Å². The summed E-state index contributed by atoms with van der Waals surface area (Å²) in [5.74, 6) is 3.18. The zero-order valence-electron chi connectivity index (χ0n) is 7.48. The monoisotopic (exact) mass is 175 g/mol. The molecule has 0 aromatic heterocycles. The van der Waals surface area contributed by atoms with Crippen molar-refractivity contribution < 1.29 is 0 Å².